The van der Waals surface area contributed by atoms with Crippen molar-refractivity contribution in [2.75, 3.05) is 19.8 Å². The third-order valence-electron chi connectivity index (χ3n) is 7.76. The summed E-state index contributed by atoms with van der Waals surface area (Å²) in [6, 6.07) is -1.52. The fourth-order valence-corrected chi connectivity index (χ4v) is 5.59. The Morgan fingerprint density at radius 1 is 0.638 bits per heavy atom. The molecular formula is C35H66NO10P. The van der Waals surface area contributed by atoms with E-state index in [1.165, 1.54) is 64.2 Å². The molecule has 276 valence electrons. The molecule has 0 aromatic carbocycles. The molecule has 12 heteroatoms. The quantitative estimate of drug-likeness (QED) is 0.0255. The number of aliphatic carboxylic acids is 1. The van der Waals surface area contributed by atoms with E-state index in [0.717, 1.165) is 57.8 Å². The van der Waals surface area contributed by atoms with E-state index in [9.17, 15) is 23.8 Å². The van der Waals surface area contributed by atoms with Crippen LogP contribution in [0.25, 0.3) is 0 Å². The largest absolute Gasteiger partial charge is 0.480 e. The molecule has 11 nitrogen and oxygen atoms in total. The number of carboxylic acids is 1. The number of phosphoric acid groups is 1. The van der Waals surface area contributed by atoms with Crippen molar-refractivity contribution in [3.63, 3.8) is 0 Å². The highest BCUT2D eigenvalue weighted by Gasteiger charge is 2.28. The average molecular weight is 692 g/mol. The maximum atomic E-state index is 12.5. The second kappa shape index (κ2) is 31.5. The summed E-state index contributed by atoms with van der Waals surface area (Å²) in [4.78, 5) is 45.6. The van der Waals surface area contributed by atoms with Gasteiger partial charge in [0.25, 0.3) is 0 Å². The fourth-order valence-electron chi connectivity index (χ4n) is 4.81. The molecule has 0 saturated carbocycles. The average Bonchev–Trinajstić information content (AvgIpc) is 3.04. The Kier molecular flexibility index (Phi) is 30.3. The van der Waals surface area contributed by atoms with Crippen LogP contribution >= 0.6 is 7.82 Å². The zero-order chi connectivity index (χ0) is 35.0. The van der Waals surface area contributed by atoms with Crippen LogP contribution in [0.4, 0.5) is 0 Å². The van der Waals surface area contributed by atoms with Gasteiger partial charge < -0.3 is 25.2 Å². The second-order valence-electron chi connectivity index (χ2n) is 12.4. The lowest BCUT2D eigenvalue weighted by Crippen LogP contribution is -2.34. The lowest BCUT2D eigenvalue weighted by atomic mass is 10.0. The molecule has 0 aliphatic rings. The number of hydrogen-bond donors (Lipinski definition) is 3. The van der Waals surface area contributed by atoms with Gasteiger partial charge in [0.15, 0.2) is 6.10 Å². The molecule has 4 N–H and O–H groups in total. The highest BCUT2D eigenvalue weighted by Crippen LogP contribution is 2.43. The predicted octanol–water partition coefficient (Wildman–Crippen LogP) is 8.56. The van der Waals surface area contributed by atoms with Crippen LogP contribution in [0.15, 0.2) is 12.2 Å². The van der Waals surface area contributed by atoms with Gasteiger partial charge in [-0.1, -0.05) is 129 Å². The molecule has 0 heterocycles. The molecular weight excluding hydrogens is 625 g/mol. The summed E-state index contributed by atoms with van der Waals surface area (Å²) in [5.74, 6) is -2.39. The van der Waals surface area contributed by atoms with Gasteiger partial charge in [-0.25, -0.2) is 4.57 Å². The first kappa shape index (κ1) is 45.2. The Morgan fingerprint density at radius 3 is 1.62 bits per heavy atom. The Labute approximate surface area is 284 Å². The number of phosphoric ester groups is 1. The van der Waals surface area contributed by atoms with E-state index in [0.29, 0.717) is 12.8 Å². The van der Waals surface area contributed by atoms with Gasteiger partial charge in [0, 0.05) is 12.8 Å². The standard InChI is InChI=1S/C35H66NO10P/c1-3-5-7-9-11-13-15-17-18-20-22-24-26-33(37)43-28-31(29-44-47(41,42)45-30-32(36)35(39)40)46-34(38)27-25-23-21-19-16-14-12-10-8-6-4-2/h10,12,31-32H,3-9,11,13-30,36H2,1-2H3,(H,39,40)(H,41,42)/b12-10-. The van der Waals surface area contributed by atoms with Crippen molar-refractivity contribution >= 4 is 25.7 Å². The summed E-state index contributed by atoms with van der Waals surface area (Å²) in [5.41, 5.74) is 5.30. The molecule has 0 aromatic heterocycles. The van der Waals surface area contributed by atoms with Crippen molar-refractivity contribution in [1.29, 1.82) is 0 Å². The molecule has 0 saturated heterocycles. The topological polar surface area (TPSA) is 172 Å². The minimum Gasteiger partial charge on any atom is -0.480 e. The first-order valence-electron chi connectivity index (χ1n) is 18.2. The van der Waals surface area contributed by atoms with Crippen molar-refractivity contribution in [3.8, 4) is 0 Å². The number of carbonyl (C=O) groups excluding carboxylic acids is 2. The van der Waals surface area contributed by atoms with Crippen LogP contribution in [0.1, 0.15) is 162 Å². The van der Waals surface area contributed by atoms with Crippen LogP contribution in [-0.2, 0) is 37.5 Å². The summed E-state index contributed by atoms with van der Waals surface area (Å²) < 4.78 is 32.5. The summed E-state index contributed by atoms with van der Waals surface area (Å²) in [6.07, 6.45) is 27.2. The van der Waals surface area contributed by atoms with E-state index < -0.39 is 51.1 Å². The van der Waals surface area contributed by atoms with Crippen LogP contribution in [0, 0.1) is 0 Å². The van der Waals surface area contributed by atoms with Gasteiger partial charge >= 0.3 is 25.7 Å². The first-order chi connectivity index (χ1) is 22.6. The Bertz CT molecular complexity index is 869. The molecule has 0 aliphatic carbocycles. The van der Waals surface area contributed by atoms with E-state index in [2.05, 4.69) is 30.5 Å². The van der Waals surface area contributed by atoms with Crippen LogP contribution in [0.3, 0.4) is 0 Å². The SMILES string of the molecule is CCCC/C=C\CCCCCCCC(=O)OC(COC(=O)CCCCCCCCCCCCCC)COP(=O)(O)OCC(N)C(=O)O. The van der Waals surface area contributed by atoms with Crippen molar-refractivity contribution in [2.24, 2.45) is 5.73 Å². The lowest BCUT2D eigenvalue weighted by Gasteiger charge is -2.20. The van der Waals surface area contributed by atoms with Gasteiger partial charge in [0.1, 0.15) is 12.6 Å². The van der Waals surface area contributed by atoms with Gasteiger partial charge in [-0.3, -0.25) is 23.4 Å². The molecule has 3 atom stereocenters. The van der Waals surface area contributed by atoms with E-state index >= 15 is 0 Å². The smallest absolute Gasteiger partial charge is 0.472 e. The van der Waals surface area contributed by atoms with Gasteiger partial charge in [0.2, 0.25) is 0 Å². The normalized spacial score (nSPS) is 14.1. The van der Waals surface area contributed by atoms with Gasteiger partial charge in [-0.05, 0) is 32.1 Å². The minimum atomic E-state index is -4.70. The highest BCUT2D eigenvalue weighted by molar-refractivity contribution is 7.47. The van der Waals surface area contributed by atoms with Gasteiger partial charge in [-0.15, -0.1) is 0 Å². The zero-order valence-corrected chi connectivity index (χ0v) is 30.3. The molecule has 47 heavy (non-hydrogen) atoms. The molecule has 0 aliphatic heterocycles. The summed E-state index contributed by atoms with van der Waals surface area (Å²) in [7, 11) is -4.70. The third kappa shape index (κ3) is 31.3. The first-order valence-corrected chi connectivity index (χ1v) is 19.7. The van der Waals surface area contributed by atoms with Crippen LogP contribution in [0.2, 0.25) is 0 Å². The molecule has 0 fully saturated rings. The number of esters is 2. The molecule has 0 bridgehead atoms. The molecule has 0 aromatic rings. The number of carbonyl (C=O) groups is 3. The molecule has 0 amide bonds. The summed E-state index contributed by atoms with van der Waals surface area (Å²) in [5, 5.41) is 8.84. The number of carboxylic acid groups (broad SMARTS) is 1. The number of nitrogens with two attached hydrogens (primary N) is 1. The van der Waals surface area contributed by atoms with E-state index in [-0.39, 0.29) is 19.4 Å². The molecule has 0 spiro atoms. The van der Waals surface area contributed by atoms with Gasteiger partial charge in [0.05, 0.1) is 13.2 Å². The highest BCUT2D eigenvalue weighted by atomic mass is 31.2. The number of hydrogen-bond acceptors (Lipinski definition) is 9. The number of unbranched alkanes of at least 4 members (excludes halogenated alkanes) is 18. The van der Waals surface area contributed by atoms with Crippen molar-refractivity contribution in [3.05, 3.63) is 12.2 Å². The van der Waals surface area contributed by atoms with Crippen molar-refractivity contribution < 1.29 is 47.5 Å². The summed E-state index contributed by atoms with van der Waals surface area (Å²) >= 11 is 0. The van der Waals surface area contributed by atoms with Gasteiger partial charge in [-0.2, -0.15) is 0 Å². The van der Waals surface area contributed by atoms with Crippen molar-refractivity contribution in [2.45, 2.75) is 174 Å². The van der Waals surface area contributed by atoms with E-state index in [4.69, 9.17) is 24.8 Å². The Hall–Kier alpha value is -1.78. The molecule has 3 unspecified atom stereocenters. The van der Waals surface area contributed by atoms with Crippen molar-refractivity contribution in [1.82, 2.24) is 0 Å². The predicted molar refractivity (Wildman–Crippen MR) is 185 cm³/mol. The minimum absolute atomic E-state index is 0.154. The third-order valence-corrected chi connectivity index (χ3v) is 8.71. The van der Waals surface area contributed by atoms with E-state index in [1.54, 1.807) is 0 Å². The fraction of sp³-hybridized carbons (Fsp3) is 0.857. The molecule has 0 rings (SSSR count). The Morgan fingerprint density at radius 2 is 1.09 bits per heavy atom. The number of allylic oxidation sites excluding steroid dienone is 2. The number of rotatable bonds is 34. The maximum absolute atomic E-state index is 12.5. The monoisotopic (exact) mass is 691 g/mol. The van der Waals surface area contributed by atoms with Crippen LogP contribution in [0.5, 0.6) is 0 Å². The second-order valence-corrected chi connectivity index (χ2v) is 13.8. The molecule has 0 radical (unpaired) electrons. The lowest BCUT2D eigenvalue weighted by molar-refractivity contribution is -0.161. The van der Waals surface area contributed by atoms with E-state index in [1.807, 2.05) is 0 Å². The van der Waals surface area contributed by atoms with Crippen LogP contribution < -0.4 is 5.73 Å². The van der Waals surface area contributed by atoms with Crippen LogP contribution in [-0.4, -0.2) is 59.9 Å². The zero-order valence-electron chi connectivity index (χ0n) is 29.4. The summed E-state index contributed by atoms with van der Waals surface area (Å²) in [6.45, 7) is 2.73. The Balaban J connectivity index is 4.47. The number of ether oxygens (including phenoxy) is 2. The maximum Gasteiger partial charge on any atom is 0.472 e.